The molecule has 0 aliphatic carbocycles. The maximum Gasteiger partial charge on any atom is 0.278 e. The van der Waals surface area contributed by atoms with Crippen molar-refractivity contribution < 1.29 is 19.1 Å². The van der Waals surface area contributed by atoms with E-state index in [9.17, 15) is 9.59 Å². The first kappa shape index (κ1) is 21.9. The number of halogens is 1. The lowest BCUT2D eigenvalue weighted by atomic mass is 10.0. The van der Waals surface area contributed by atoms with Crippen molar-refractivity contribution in [2.75, 3.05) is 25.6 Å². The van der Waals surface area contributed by atoms with Crippen LogP contribution in [0.15, 0.2) is 48.2 Å². The molecule has 0 atom stereocenters. The average Bonchev–Trinajstić information content (AvgIpc) is 2.93. The van der Waals surface area contributed by atoms with E-state index in [0.29, 0.717) is 27.6 Å². The number of hydrogen-bond acceptors (Lipinski definition) is 5. The molecule has 30 heavy (non-hydrogen) atoms. The van der Waals surface area contributed by atoms with Crippen LogP contribution >= 0.6 is 11.6 Å². The van der Waals surface area contributed by atoms with Gasteiger partial charge in [-0.1, -0.05) is 29.8 Å². The van der Waals surface area contributed by atoms with Crippen molar-refractivity contribution in [3.05, 3.63) is 64.3 Å². The van der Waals surface area contributed by atoms with Crippen molar-refractivity contribution in [1.82, 2.24) is 4.90 Å². The molecule has 0 fully saturated rings. The molecule has 1 aliphatic heterocycles. The first-order valence-corrected chi connectivity index (χ1v) is 10.1. The lowest BCUT2D eigenvalue weighted by molar-refractivity contribution is -0.137. The van der Waals surface area contributed by atoms with Crippen LogP contribution in [0.25, 0.3) is 5.57 Å². The van der Waals surface area contributed by atoms with Gasteiger partial charge in [0.25, 0.3) is 11.8 Å². The highest BCUT2D eigenvalue weighted by Crippen LogP contribution is 2.32. The molecule has 0 bridgehead atoms. The minimum atomic E-state index is -0.397. The van der Waals surface area contributed by atoms with E-state index < -0.39 is 5.91 Å². The number of anilines is 1. The number of amides is 2. The Morgan fingerprint density at radius 1 is 1.07 bits per heavy atom. The summed E-state index contributed by atoms with van der Waals surface area (Å²) in [5.74, 6) is -0.0660. The van der Waals surface area contributed by atoms with Crippen LogP contribution in [-0.4, -0.2) is 43.1 Å². The maximum atomic E-state index is 13.1. The summed E-state index contributed by atoms with van der Waals surface area (Å²) in [7, 11) is 1.53. The van der Waals surface area contributed by atoms with Gasteiger partial charge < -0.3 is 14.8 Å². The zero-order chi connectivity index (χ0) is 21.8. The van der Waals surface area contributed by atoms with E-state index in [2.05, 4.69) is 5.32 Å². The summed E-state index contributed by atoms with van der Waals surface area (Å²) in [6, 6.07) is 12.5. The monoisotopic (exact) mass is 428 g/mol. The van der Waals surface area contributed by atoms with Gasteiger partial charge >= 0.3 is 0 Å². The highest BCUT2D eigenvalue weighted by atomic mass is 35.5. The lowest BCUT2D eigenvalue weighted by Gasteiger charge is -2.14. The standard InChI is InChI=1S/C23H25ClN2O4/c1-14(2)30-18-9-6-16(7-10-18)20-21(23(28)26(22(20)27)11-12-29-4)25-17-8-5-15(3)19(24)13-17/h5-10,13-14,25H,11-12H2,1-4H3. The number of aryl methyl sites for hydroxylation is 1. The Bertz CT molecular complexity index is 983. The molecular formula is C23H25ClN2O4. The highest BCUT2D eigenvalue weighted by Gasteiger charge is 2.39. The van der Waals surface area contributed by atoms with Crippen LogP contribution in [-0.2, 0) is 14.3 Å². The van der Waals surface area contributed by atoms with Crippen LogP contribution in [0.5, 0.6) is 5.75 Å². The second-order valence-corrected chi connectivity index (χ2v) is 7.69. The number of imide groups is 1. The smallest absolute Gasteiger partial charge is 0.278 e. The van der Waals surface area contributed by atoms with Gasteiger partial charge in [0.15, 0.2) is 0 Å². The molecule has 158 valence electrons. The number of nitrogens with zero attached hydrogens (tertiary/aromatic N) is 1. The van der Waals surface area contributed by atoms with Gasteiger partial charge in [0, 0.05) is 17.8 Å². The fourth-order valence-electron chi connectivity index (χ4n) is 3.13. The van der Waals surface area contributed by atoms with Gasteiger partial charge in [0.2, 0.25) is 0 Å². The van der Waals surface area contributed by atoms with Crippen molar-refractivity contribution in [2.45, 2.75) is 26.9 Å². The number of ether oxygens (including phenoxy) is 2. The van der Waals surface area contributed by atoms with Gasteiger partial charge in [0.05, 0.1) is 24.8 Å². The molecule has 0 spiro atoms. The van der Waals surface area contributed by atoms with E-state index in [1.165, 1.54) is 12.0 Å². The Balaban J connectivity index is 2.00. The molecule has 0 radical (unpaired) electrons. The summed E-state index contributed by atoms with van der Waals surface area (Å²) in [5, 5.41) is 3.68. The molecule has 2 aromatic carbocycles. The Hall–Kier alpha value is -2.83. The molecule has 0 unspecified atom stereocenters. The summed E-state index contributed by atoms with van der Waals surface area (Å²) >= 11 is 6.23. The summed E-state index contributed by atoms with van der Waals surface area (Å²) < 4.78 is 10.7. The van der Waals surface area contributed by atoms with E-state index in [-0.39, 0.29) is 30.9 Å². The summed E-state index contributed by atoms with van der Waals surface area (Å²) in [5.41, 5.74) is 2.71. The molecule has 6 nitrogen and oxygen atoms in total. The first-order chi connectivity index (χ1) is 14.3. The third-order valence-corrected chi connectivity index (χ3v) is 5.05. The number of carbonyl (C=O) groups excluding carboxylic acids is 2. The molecule has 1 aliphatic rings. The number of nitrogens with one attached hydrogen (secondary N) is 1. The fourth-order valence-corrected chi connectivity index (χ4v) is 3.31. The van der Waals surface area contributed by atoms with Crippen LogP contribution in [0, 0.1) is 6.92 Å². The fraction of sp³-hybridized carbons (Fsp3) is 0.304. The van der Waals surface area contributed by atoms with Crippen molar-refractivity contribution in [3.63, 3.8) is 0 Å². The highest BCUT2D eigenvalue weighted by molar-refractivity contribution is 6.36. The van der Waals surface area contributed by atoms with E-state index >= 15 is 0 Å². The summed E-state index contributed by atoms with van der Waals surface area (Å²) in [6.45, 7) is 6.21. The molecule has 3 rings (SSSR count). The average molecular weight is 429 g/mol. The largest absolute Gasteiger partial charge is 0.491 e. The zero-order valence-corrected chi connectivity index (χ0v) is 18.2. The quantitative estimate of drug-likeness (QED) is 0.636. The second-order valence-electron chi connectivity index (χ2n) is 7.28. The number of hydrogen-bond donors (Lipinski definition) is 1. The van der Waals surface area contributed by atoms with E-state index in [4.69, 9.17) is 21.1 Å². The van der Waals surface area contributed by atoms with E-state index in [1.54, 1.807) is 30.3 Å². The van der Waals surface area contributed by atoms with Crippen LogP contribution in [0.3, 0.4) is 0 Å². The minimum absolute atomic E-state index is 0.0396. The zero-order valence-electron chi connectivity index (χ0n) is 17.5. The van der Waals surface area contributed by atoms with Crippen LogP contribution < -0.4 is 10.1 Å². The van der Waals surface area contributed by atoms with Crippen molar-refractivity contribution in [1.29, 1.82) is 0 Å². The van der Waals surface area contributed by atoms with Gasteiger partial charge in [-0.3, -0.25) is 14.5 Å². The first-order valence-electron chi connectivity index (χ1n) is 9.71. The molecule has 2 amide bonds. The van der Waals surface area contributed by atoms with Crippen molar-refractivity contribution in [2.24, 2.45) is 0 Å². The van der Waals surface area contributed by atoms with Gasteiger partial charge in [-0.2, -0.15) is 0 Å². The molecule has 7 heteroatoms. The van der Waals surface area contributed by atoms with Gasteiger partial charge in [-0.25, -0.2) is 0 Å². The van der Waals surface area contributed by atoms with Crippen LogP contribution in [0.4, 0.5) is 5.69 Å². The number of rotatable bonds is 8. The molecule has 0 saturated carbocycles. The summed E-state index contributed by atoms with van der Waals surface area (Å²) in [6.07, 6.45) is 0.0396. The van der Waals surface area contributed by atoms with E-state index in [1.807, 2.05) is 32.9 Å². The lowest BCUT2D eigenvalue weighted by Crippen LogP contribution is -2.35. The third kappa shape index (κ3) is 4.66. The minimum Gasteiger partial charge on any atom is -0.491 e. The predicted octanol–water partition coefficient (Wildman–Crippen LogP) is 4.27. The number of carbonyl (C=O) groups is 2. The maximum absolute atomic E-state index is 13.1. The SMILES string of the molecule is COCCN1C(=O)C(Nc2ccc(C)c(Cl)c2)=C(c2ccc(OC(C)C)cc2)C1=O. The van der Waals surface area contributed by atoms with E-state index in [0.717, 1.165) is 5.56 Å². The third-order valence-electron chi connectivity index (χ3n) is 4.64. The topological polar surface area (TPSA) is 67.9 Å². The number of methoxy groups -OCH3 is 1. The van der Waals surface area contributed by atoms with Gasteiger partial charge in [0.1, 0.15) is 11.4 Å². The van der Waals surface area contributed by atoms with Crippen molar-refractivity contribution >= 4 is 34.7 Å². The Labute approximate surface area is 181 Å². The molecule has 1 N–H and O–H groups in total. The molecule has 0 aromatic heterocycles. The van der Waals surface area contributed by atoms with Crippen LogP contribution in [0.2, 0.25) is 5.02 Å². The predicted molar refractivity (Wildman–Crippen MR) is 118 cm³/mol. The molecule has 0 saturated heterocycles. The Morgan fingerprint density at radius 3 is 2.37 bits per heavy atom. The second kappa shape index (κ2) is 9.32. The van der Waals surface area contributed by atoms with Gasteiger partial charge in [-0.15, -0.1) is 0 Å². The Morgan fingerprint density at radius 2 is 1.77 bits per heavy atom. The van der Waals surface area contributed by atoms with Crippen molar-refractivity contribution in [3.8, 4) is 5.75 Å². The molecular weight excluding hydrogens is 404 g/mol. The Kier molecular flexibility index (Phi) is 6.80. The normalized spacial score (nSPS) is 14.1. The summed E-state index contributed by atoms with van der Waals surface area (Å²) in [4.78, 5) is 27.3. The molecule has 2 aromatic rings. The van der Waals surface area contributed by atoms with Crippen LogP contribution in [0.1, 0.15) is 25.0 Å². The number of benzene rings is 2. The molecule has 1 heterocycles. The van der Waals surface area contributed by atoms with Gasteiger partial charge in [-0.05, 0) is 56.2 Å².